The Kier molecular flexibility index (Phi) is 5.55. The number of aromatic nitrogens is 2. The van der Waals surface area contributed by atoms with E-state index in [1.165, 1.54) is 16.7 Å². The fourth-order valence-electron chi connectivity index (χ4n) is 2.91. The molecule has 1 aromatic carbocycles. The number of hydrogen-bond acceptors (Lipinski definition) is 7. The predicted octanol–water partition coefficient (Wildman–Crippen LogP) is 3.16. The van der Waals surface area contributed by atoms with Gasteiger partial charge in [-0.2, -0.15) is 0 Å². The largest absolute Gasteiger partial charge is 0.459 e. The zero-order valence-electron chi connectivity index (χ0n) is 15.9. The molecule has 0 saturated carbocycles. The number of fused-ring (bicyclic) bond motifs is 1. The molecule has 1 aliphatic heterocycles. The van der Waals surface area contributed by atoms with Crippen LogP contribution in [0.2, 0.25) is 0 Å². The number of carbonyl (C=O) groups excluding carboxylic acids is 2. The number of para-hydroxylation sites is 1. The van der Waals surface area contributed by atoms with E-state index < -0.39 is 16.8 Å². The van der Waals surface area contributed by atoms with Crippen LogP contribution in [-0.2, 0) is 20.7 Å². The highest BCUT2D eigenvalue weighted by Gasteiger charge is 2.34. The lowest BCUT2D eigenvalue weighted by molar-refractivity contribution is -0.153. The molecule has 0 radical (unpaired) electrons. The van der Waals surface area contributed by atoms with Crippen molar-refractivity contribution >= 4 is 29.3 Å². The van der Waals surface area contributed by atoms with Crippen molar-refractivity contribution in [1.82, 2.24) is 10.2 Å². The number of aryl methyl sites for hydroxylation is 2. The third-order valence-electron chi connectivity index (χ3n) is 3.96. The summed E-state index contributed by atoms with van der Waals surface area (Å²) in [5.41, 5.74) is 1.17. The van der Waals surface area contributed by atoms with Crippen LogP contribution in [-0.4, -0.2) is 39.5 Å². The number of hydrogen-bond donors (Lipinski definition) is 0. The number of benzene rings is 1. The second-order valence-corrected chi connectivity index (χ2v) is 8.53. The number of ether oxygens (including phenoxy) is 1. The third kappa shape index (κ3) is 4.88. The first-order chi connectivity index (χ1) is 12.7. The van der Waals surface area contributed by atoms with Crippen LogP contribution < -0.4 is 4.90 Å². The van der Waals surface area contributed by atoms with Crippen molar-refractivity contribution < 1.29 is 18.7 Å². The monoisotopic (exact) mass is 389 g/mol. The summed E-state index contributed by atoms with van der Waals surface area (Å²) in [5.74, 6) is -0.149. The number of esters is 1. The van der Waals surface area contributed by atoms with E-state index in [0.717, 1.165) is 17.7 Å². The van der Waals surface area contributed by atoms with E-state index in [2.05, 4.69) is 10.2 Å². The number of carbonyl (C=O) groups is 2. The van der Waals surface area contributed by atoms with Crippen molar-refractivity contribution in [2.24, 2.45) is 0 Å². The number of rotatable bonds is 4. The summed E-state index contributed by atoms with van der Waals surface area (Å²) in [6, 6.07) is 7.64. The van der Waals surface area contributed by atoms with Gasteiger partial charge in [-0.15, -0.1) is 10.2 Å². The molecule has 8 heteroatoms. The lowest BCUT2D eigenvalue weighted by atomic mass is 10.1. The lowest BCUT2D eigenvalue weighted by Crippen LogP contribution is -2.42. The Morgan fingerprint density at radius 1 is 1.33 bits per heavy atom. The summed E-state index contributed by atoms with van der Waals surface area (Å²) in [6.45, 7) is 6.99. The number of thioether (sulfide) groups is 1. The topological polar surface area (TPSA) is 85.5 Å². The van der Waals surface area contributed by atoms with Crippen LogP contribution in [0.3, 0.4) is 0 Å². The highest BCUT2D eigenvalue weighted by Crippen LogP contribution is 2.34. The average Bonchev–Trinajstić information content (AvgIpc) is 2.94. The molecule has 0 fully saturated rings. The molecule has 1 aliphatic rings. The average molecular weight is 389 g/mol. The van der Waals surface area contributed by atoms with Gasteiger partial charge < -0.3 is 9.15 Å². The first kappa shape index (κ1) is 19.4. The van der Waals surface area contributed by atoms with Crippen molar-refractivity contribution in [1.29, 1.82) is 0 Å². The van der Waals surface area contributed by atoms with Gasteiger partial charge in [0.1, 0.15) is 12.1 Å². The second kappa shape index (κ2) is 7.72. The molecule has 7 nitrogen and oxygen atoms in total. The van der Waals surface area contributed by atoms with Gasteiger partial charge in [-0.05, 0) is 45.2 Å². The van der Waals surface area contributed by atoms with Crippen molar-refractivity contribution in [3.63, 3.8) is 0 Å². The molecule has 0 saturated heterocycles. The molecule has 27 heavy (non-hydrogen) atoms. The van der Waals surface area contributed by atoms with Gasteiger partial charge in [0.2, 0.25) is 11.8 Å². The molecule has 2 aromatic rings. The quantitative estimate of drug-likeness (QED) is 0.743. The molecule has 0 N–H and O–H groups in total. The predicted molar refractivity (Wildman–Crippen MR) is 102 cm³/mol. The van der Waals surface area contributed by atoms with E-state index in [1.54, 1.807) is 27.7 Å². The number of amides is 1. The van der Waals surface area contributed by atoms with Crippen LogP contribution in [0.25, 0.3) is 0 Å². The molecule has 0 spiro atoms. The highest BCUT2D eigenvalue weighted by molar-refractivity contribution is 8.00. The first-order valence-electron chi connectivity index (χ1n) is 8.81. The molecule has 144 valence electrons. The summed E-state index contributed by atoms with van der Waals surface area (Å²) in [5, 5.41) is 7.72. The minimum atomic E-state index is -0.610. The zero-order chi connectivity index (χ0) is 19.6. The van der Waals surface area contributed by atoms with Crippen molar-refractivity contribution in [3.8, 4) is 0 Å². The number of nitrogens with zero attached hydrogens (tertiary/aromatic N) is 3. The van der Waals surface area contributed by atoms with Crippen LogP contribution in [0.15, 0.2) is 33.9 Å². The maximum Gasteiger partial charge on any atom is 0.326 e. The minimum Gasteiger partial charge on any atom is -0.459 e. The van der Waals surface area contributed by atoms with Crippen molar-refractivity contribution in [2.45, 2.75) is 56.6 Å². The first-order valence-corrected chi connectivity index (χ1v) is 9.69. The SMILES string of the molecule is Cc1nnc(S[C@@H]2CCc3ccccc3N(CC(=O)OC(C)(C)C)C2=O)o1. The Balaban J connectivity index is 1.86. The van der Waals surface area contributed by atoms with Crippen molar-refractivity contribution in [2.75, 3.05) is 11.4 Å². The van der Waals surface area contributed by atoms with E-state index in [9.17, 15) is 9.59 Å². The maximum absolute atomic E-state index is 13.2. The van der Waals surface area contributed by atoms with Gasteiger partial charge in [0.25, 0.3) is 5.22 Å². The van der Waals surface area contributed by atoms with E-state index >= 15 is 0 Å². The lowest BCUT2D eigenvalue weighted by Gasteiger charge is -2.26. The van der Waals surface area contributed by atoms with Gasteiger partial charge in [0.05, 0.1) is 5.25 Å². The summed E-state index contributed by atoms with van der Waals surface area (Å²) >= 11 is 1.24. The molecule has 1 amide bonds. The van der Waals surface area contributed by atoms with Crippen molar-refractivity contribution in [3.05, 3.63) is 35.7 Å². The Labute approximate surface area is 162 Å². The third-order valence-corrected chi connectivity index (χ3v) is 5.05. The molecule has 1 aromatic heterocycles. The van der Waals surface area contributed by atoms with E-state index in [-0.39, 0.29) is 12.5 Å². The van der Waals surface area contributed by atoms with Crippen LogP contribution in [0.4, 0.5) is 5.69 Å². The number of anilines is 1. The van der Waals surface area contributed by atoms with Gasteiger partial charge in [-0.25, -0.2) is 0 Å². The molecular weight excluding hydrogens is 366 g/mol. The second-order valence-electron chi connectivity index (χ2n) is 7.37. The van der Waals surface area contributed by atoms with Crippen LogP contribution in [0.5, 0.6) is 0 Å². The minimum absolute atomic E-state index is 0.132. The summed E-state index contributed by atoms with van der Waals surface area (Å²) in [7, 11) is 0. The highest BCUT2D eigenvalue weighted by atomic mass is 32.2. The molecule has 0 unspecified atom stereocenters. The smallest absolute Gasteiger partial charge is 0.326 e. The summed E-state index contributed by atoms with van der Waals surface area (Å²) in [4.78, 5) is 27.1. The van der Waals surface area contributed by atoms with Gasteiger partial charge in [0, 0.05) is 12.6 Å². The molecule has 2 heterocycles. The fraction of sp³-hybridized carbons (Fsp3) is 0.474. The Morgan fingerprint density at radius 3 is 2.74 bits per heavy atom. The van der Waals surface area contributed by atoms with Crippen LogP contribution in [0, 0.1) is 6.92 Å². The molecular formula is C19H23N3O4S. The van der Waals surface area contributed by atoms with Gasteiger partial charge in [0.15, 0.2) is 0 Å². The summed E-state index contributed by atoms with van der Waals surface area (Å²) < 4.78 is 10.8. The standard InChI is InChI=1S/C19H23N3O4S/c1-12-20-21-18(25-12)27-15-10-9-13-7-5-6-8-14(13)22(17(15)24)11-16(23)26-19(2,3)4/h5-8,15H,9-11H2,1-4H3/t15-/m1/s1. The van der Waals surface area contributed by atoms with Crippen LogP contribution >= 0.6 is 11.8 Å². The van der Waals surface area contributed by atoms with E-state index in [0.29, 0.717) is 17.5 Å². The summed E-state index contributed by atoms with van der Waals surface area (Å²) in [6.07, 6.45) is 1.34. The van der Waals surface area contributed by atoms with E-state index in [4.69, 9.17) is 9.15 Å². The Morgan fingerprint density at radius 2 is 2.07 bits per heavy atom. The van der Waals surface area contributed by atoms with E-state index in [1.807, 2.05) is 24.3 Å². The fourth-order valence-corrected chi connectivity index (χ4v) is 3.88. The molecule has 0 aliphatic carbocycles. The Bertz CT molecular complexity index is 843. The van der Waals surface area contributed by atoms with Crippen LogP contribution in [0.1, 0.15) is 38.6 Å². The molecule has 0 bridgehead atoms. The van der Waals surface area contributed by atoms with Gasteiger partial charge >= 0.3 is 5.97 Å². The maximum atomic E-state index is 13.2. The Hall–Kier alpha value is -2.35. The normalized spacial score (nSPS) is 17.4. The molecule has 3 rings (SSSR count). The van der Waals surface area contributed by atoms with Gasteiger partial charge in [-0.1, -0.05) is 30.0 Å². The zero-order valence-corrected chi connectivity index (χ0v) is 16.7. The molecule has 1 atom stereocenters. The van der Waals surface area contributed by atoms with Gasteiger partial charge in [-0.3, -0.25) is 14.5 Å².